The molecule has 2 heterocycles. The zero-order chi connectivity index (χ0) is 18.4. The molecule has 0 N–H and O–H groups in total. The van der Waals surface area contributed by atoms with E-state index in [9.17, 15) is 9.59 Å². The molecule has 0 radical (unpaired) electrons. The number of piperazine rings is 1. The van der Waals surface area contributed by atoms with Crippen molar-refractivity contribution in [1.82, 2.24) is 14.7 Å². The molecule has 6 heteroatoms. The highest BCUT2D eigenvalue weighted by atomic mass is 16.6. The Morgan fingerprint density at radius 2 is 1.72 bits per heavy atom. The predicted octanol–water partition coefficient (Wildman–Crippen LogP) is 2.58. The quantitative estimate of drug-likeness (QED) is 0.762. The van der Waals surface area contributed by atoms with Crippen LogP contribution in [-0.2, 0) is 9.53 Å². The number of nitrogens with zero attached hydrogens (tertiary/aromatic N) is 3. The van der Waals surface area contributed by atoms with Crippen LogP contribution in [-0.4, -0.2) is 78.1 Å². The minimum atomic E-state index is -0.227. The van der Waals surface area contributed by atoms with Crippen molar-refractivity contribution < 1.29 is 14.3 Å². The van der Waals surface area contributed by atoms with Crippen LogP contribution in [0.5, 0.6) is 0 Å². The lowest BCUT2D eigenvalue weighted by molar-refractivity contribution is -0.140. The van der Waals surface area contributed by atoms with Crippen molar-refractivity contribution in [3.63, 3.8) is 0 Å². The second kappa shape index (κ2) is 9.41. The molecule has 144 valence electrons. The van der Waals surface area contributed by atoms with E-state index in [1.807, 2.05) is 20.8 Å². The zero-order valence-corrected chi connectivity index (χ0v) is 16.4. The van der Waals surface area contributed by atoms with Crippen LogP contribution in [0, 0.1) is 5.92 Å². The Bertz CT molecular complexity index is 447. The topological polar surface area (TPSA) is 53.1 Å². The molecule has 0 bridgehead atoms. The summed E-state index contributed by atoms with van der Waals surface area (Å²) in [6.45, 7) is 12.3. The Morgan fingerprint density at radius 3 is 2.32 bits per heavy atom. The first-order valence-corrected chi connectivity index (χ1v) is 9.90. The molecule has 0 saturated carbocycles. The Balaban J connectivity index is 1.83. The largest absolute Gasteiger partial charge is 0.449 e. The van der Waals surface area contributed by atoms with E-state index < -0.39 is 0 Å². The number of carbonyl (C=O) groups is 2. The highest BCUT2D eigenvalue weighted by Gasteiger charge is 2.33. The van der Waals surface area contributed by atoms with E-state index >= 15 is 0 Å². The maximum atomic E-state index is 12.9. The maximum absolute atomic E-state index is 12.9. The standard InChI is InChI=1S/C19H35N3O3/c1-5-17-8-6-7-9-22(17)18(23)16(4)20-10-12-21(13-11-20)19(24)25-14-15(2)3/h15-17H,5-14H2,1-4H3. The Labute approximate surface area is 152 Å². The third-order valence-electron chi connectivity index (χ3n) is 5.40. The fraction of sp³-hybridized carbons (Fsp3) is 0.895. The first kappa shape index (κ1) is 20.0. The first-order chi connectivity index (χ1) is 11.9. The molecule has 2 aliphatic rings. The number of hydrogen-bond acceptors (Lipinski definition) is 4. The van der Waals surface area contributed by atoms with Crippen molar-refractivity contribution in [1.29, 1.82) is 0 Å². The summed E-state index contributed by atoms with van der Waals surface area (Å²) in [5.74, 6) is 0.598. The van der Waals surface area contributed by atoms with Crippen LogP contribution < -0.4 is 0 Å². The molecule has 25 heavy (non-hydrogen) atoms. The van der Waals surface area contributed by atoms with Gasteiger partial charge in [0, 0.05) is 38.8 Å². The van der Waals surface area contributed by atoms with Crippen LogP contribution >= 0.6 is 0 Å². The summed E-state index contributed by atoms with van der Waals surface area (Å²) >= 11 is 0. The minimum Gasteiger partial charge on any atom is -0.449 e. The predicted molar refractivity (Wildman–Crippen MR) is 98.4 cm³/mol. The number of carbonyl (C=O) groups excluding carboxylic acids is 2. The van der Waals surface area contributed by atoms with Gasteiger partial charge in [-0.25, -0.2) is 4.79 Å². The normalized spacial score (nSPS) is 23.6. The fourth-order valence-electron chi connectivity index (χ4n) is 3.73. The molecule has 0 spiro atoms. The van der Waals surface area contributed by atoms with Crippen molar-refractivity contribution in [2.75, 3.05) is 39.3 Å². The Hall–Kier alpha value is -1.30. The van der Waals surface area contributed by atoms with Crippen molar-refractivity contribution in [2.24, 2.45) is 5.92 Å². The smallest absolute Gasteiger partial charge is 0.409 e. The minimum absolute atomic E-state index is 0.110. The molecule has 2 saturated heterocycles. The van der Waals surface area contributed by atoms with Gasteiger partial charge in [0.2, 0.25) is 5.91 Å². The van der Waals surface area contributed by atoms with Gasteiger partial charge < -0.3 is 14.5 Å². The monoisotopic (exact) mass is 353 g/mol. The summed E-state index contributed by atoms with van der Waals surface area (Å²) in [7, 11) is 0. The average molecular weight is 354 g/mol. The Kier molecular flexibility index (Phi) is 7.54. The zero-order valence-electron chi connectivity index (χ0n) is 16.4. The number of piperidine rings is 1. The van der Waals surface area contributed by atoms with E-state index in [1.165, 1.54) is 6.42 Å². The van der Waals surface area contributed by atoms with E-state index in [4.69, 9.17) is 4.74 Å². The van der Waals surface area contributed by atoms with Crippen molar-refractivity contribution in [3.8, 4) is 0 Å². The summed E-state index contributed by atoms with van der Waals surface area (Å²) in [6, 6.07) is 0.289. The fourth-order valence-corrected chi connectivity index (χ4v) is 3.73. The number of rotatable bonds is 5. The van der Waals surface area contributed by atoms with Gasteiger partial charge in [0.25, 0.3) is 0 Å². The number of amides is 2. The molecule has 2 amide bonds. The summed E-state index contributed by atoms with van der Waals surface area (Å²) in [4.78, 5) is 31.0. The highest BCUT2D eigenvalue weighted by molar-refractivity contribution is 5.82. The van der Waals surface area contributed by atoms with Gasteiger partial charge in [-0.3, -0.25) is 9.69 Å². The number of ether oxygens (including phenoxy) is 1. The van der Waals surface area contributed by atoms with E-state index in [-0.39, 0.29) is 18.0 Å². The summed E-state index contributed by atoms with van der Waals surface area (Å²) in [5, 5.41) is 0. The van der Waals surface area contributed by atoms with Crippen LogP contribution in [0.15, 0.2) is 0 Å². The molecule has 0 aliphatic carbocycles. The van der Waals surface area contributed by atoms with E-state index in [0.717, 1.165) is 38.9 Å². The molecule has 2 aliphatic heterocycles. The van der Waals surface area contributed by atoms with Crippen LogP contribution in [0.1, 0.15) is 53.4 Å². The molecule has 6 nitrogen and oxygen atoms in total. The van der Waals surface area contributed by atoms with Crippen molar-refractivity contribution >= 4 is 12.0 Å². The van der Waals surface area contributed by atoms with E-state index in [2.05, 4.69) is 16.7 Å². The number of hydrogen-bond donors (Lipinski definition) is 0. The second-order valence-electron chi connectivity index (χ2n) is 7.76. The van der Waals surface area contributed by atoms with Crippen LogP contribution in [0.2, 0.25) is 0 Å². The number of likely N-dealkylation sites (tertiary alicyclic amines) is 1. The molecular formula is C19H35N3O3. The lowest BCUT2D eigenvalue weighted by Crippen LogP contribution is -2.57. The molecule has 2 fully saturated rings. The third kappa shape index (κ3) is 5.33. The van der Waals surface area contributed by atoms with Crippen LogP contribution in [0.25, 0.3) is 0 Å². The van der Waals surface area contributed by atoms with Gasteiger partial charge >= 0.3 is 6.09 Å². The Morgan fingerprint density at radius 1 is 1.04 bits per heavy atom. The van der Waals surface area contributed by atoms with Crippen LogP contribution in [0.3, 0.4) is 0 Å². The van der Waals surface area contributed by atoms with Crippen LogP contribution in [0.4, 0.5) is 4.79 Å². The second-order valence-corrected chi connectivity index (χ2v) is 7.76. The van der Waals surface area contributed by atoms with Gasteiger partial charge in [0.05, 0.1) is 12.6 Å². The van der Waals surface area contributed by atoms with Gasteiger partial charge in [0.1, 0.15) is 0 Å². The lowest BCUT2D eigenvalue weighted by atomic mass is 9.99. The lowest BCUT2D eigenvalue weighted by Gasteiger charge is -2.41. The molecule has 0 aromatic carbocycles. The molecule has 2 rings (SSSR count). The molecule has 0 aromatic rings. The molecule has 2 atom stereocenters. The molecule has 0 aromatic heterocycles. The van der Waals surface area contributed by atoms with Gasteiger partial charge in [-0.15, -0.1) is 0 Å². The van der Waals surface area contributed by atoms with Gasteiger partial charge in [-0.05, 0) is 38.5 Å². The van der Waals surface area contributed by atoms with E-state index in [0.29, 0.717) is 31.7 Å². The van der Waals surface area contributed by atoms with Gasteiger partial charge in [0.15, 0.2) is 0 Å². The van der Waals surface area contributed by atoms with Crippen molar-refractivity contribution in [3.05, 3.63) is 0 Å². The summed E-state index contributed by atoms with van der Waals surface area (Å²) < 4.78 is 5.30. The van der Waals surface area contributed by atoms with Gasteiger partial charge in [-0.2, -0.15) is 0 Å². The maximum Gasteiger partial charge on any atom is 0.409 e. The third-order valence-corrected chi connectivity index (χ3v) is 5.40. The molecule has 2 unspecified atom stereocenters. The highest BCUT2D eigenvalue weighted by Crippen LogP contribution is 2.21. The summed E-state index contributed by atoms with van der Waals surface area (Å²) in [5.41, 5.74) is 0. The molecular weight excluding hydrogens is 318 g/mol. The van der Waals surface area contributed by atoms with E-state index in [1.54, 1.807) is 4.90 Å². The SMILES string of the molecule is CCC1CCCCN1C(=O)C(C)N1CCN(C(=O)OCC(C)C)CC1. The average Bonchev–Trinajstić information content (AvgIpc) is 2.64. The van der Waals surface area contributed by atoms with Gasteiger partial charge in [-0.1, -0.05) is 20.8 Å². The van der Waals surface area contributed by atoms with Crippen molar-refractivity contribution in [2.45, 2.75) is 65.5 Å². The summed E-state index contributed by atoms with van der Waals surface area (Å²) in [6.07, 6.45) is 4.28. The first-order valence-electron chi connectivity index (χ1n) is 9.90.